The second-order valence-corrected chi connectivity index (χ2v) is 19.5. The molecular formula is C33H42P4. The molecule has 4 rings (SSSR count). The van der Waals surface area contributed by atoms with E-state index in [-0.39, 0.29) is 15.8 Å². The van der Waals surface area contributed by atoms with Crippen molar-refractivity contribution in [2.45, 2.75) is 6.42 Å². The van der Waals surface area contributed by atoms with Crippen LogP contribution in [0.4, 0.5) is 0 Å². The molecule has 0 radical (unpaired) electrons. The highest BCUT2D eigenvalue weighted by Gasteiger charge is 2.17. The molecule has 0 N–H and O–H groups in total. The van der Waals surface area contributed by atoms with Crippen LogP contribution in [0.25, 0.3) is 0 Å². The van der Waals surface area contributed by atoms with Crippen molar-refractivity contribution >= 4 is 52.9 Å². The smallest absolute Gasteiger partial charge is 0.0195 e. The Labute approximate surface area is 231 Å². The lowest BCUT2D eigenvalue weighted by Crippen LogP contribution is -2.17. The monoisotopic (exact) mass is 562 g/mol. The van der Waals surface area contributed by atoms with E-state index in [1.807, 2.05) is 0 Å². The lowest BCUT2D eigenvalue weighted by Gasteiger charge is -2.22. The van der Waals surface area contributed by atoms with Crippen LogP contribution in [0.5, 0.6) is 0 Å². The summed E-state index contributed by atoms with van der Waals surface area (Å²) >= 11 is 0. The summed E-state index contributed by atoms with van der Waals surface area (Å²) in [6.07, 6.45) is 6.68. The average Bonchev–Trinajstić information content (AvgIpc) is 2.94. The third-order valence-corrected chi connectivity index (χ3v) is 13.8. The van der Waals surface area contributed by atoms with Crippen molar-refractivity contribution in [2.75, 3.05) is 51.3 Å². The highest BCUT2D eigenvalue weighted by atomic mass is 31.1. The first kappa shape index (κ1) is 30.1. The fourth-order valence-corrected chi connectivity index (χ4v) is 12.2. The molecule has 0 aliphatic carbocycles. The van der Waals surface area contributed by atoms with Gasteiger partial charge in [-0.3, -0.25) is 0 Å². The lowest BCUT2D eigenvalue weighted by atomic mass is 10.4. The second kappa shape index (κ2) is 17.2. The molecule has 0 aliphatic heterocycles. The molecule has 4 aromatic carbocycles. The summed E-state index contributed by atoms with van der Waals surface area (Å²) in [6, 6.07) is 44.3. The summed E-state index contributed by atoms with van der Waals surface area (Å²) < 4.78 is 0. The maximum atomic E-state index is 2.36. The SMILES string of the molecule is CP(C)CCP(C)C.c1ccc(P(CCCP(c2ccccc2)c2ccccc2)c2ccccc2)cc1. The van der Waals surface area contributed by atoms with Gasteiger partial charge in [0, 0.05) is 0 Å². The molecule has 0 heterocycles. The van der Waals surface area contributed by atoms with Crippen LogP contribution in [0.15, 0.2) is 121 Å². The van der Waals surface area contributed by atoms with Crippen LogP contribution < -0.4 is 21.2 Å². The first-order valence-corrected chi connectivity index (χ1v) is 21.0. The largest absolute Gasteiger partial charge is 0.113 e. The maximum Gasteiger partial charge on any atom is -0.0195 e. The van der Waals surface area contributed by atoms with Gasteiger partial charge < -0.3 is 0 Å². The quantitative estimate of drug-likeness (QED) is 0.162. The van der Waals surface area contributed by atoms with Crippen LogP contribution in [0, 0.1) is 0 Å². The van der Waals surface area contributed by atoms with Gasteiger partial charge in [0.1, 0.15) is 0 Å². The minimum Gasteiger partial charge on any atom is -0.113 e. The summed E-state index contributed by atoms with van der Waals surface area (Å²) in [5.74, 6) is 0. The predicted molar refractivity (Wildman–Crippen MR) is 180 cm³/mol. The van der Waals surface area contributed by atoms with Crippen molar-refractivity contribution in [3.63, 3.8) is 0 Å². The fourth-order valence-electron chi connectivity index (χ4n) is 4.03. The molecule has 0 nitrogen and oxygen atoms in total. The highest BCUT2D eigenvalue weighted by molar-refractivity contribution is 7.74. The van der Waals surface area contributed by atoms with E-state index in [2.05, 4.69) is 148 Å². The minimum atomic E-state index is -0.309. The molecule has 0 aliphatic rings. The molecule has 0 fully saturated rings. The van der Waals surface area contributed by atoms with Crippen LogP contribution in [0.3, 0.4) is 0 Å². The zero-order valence-corrected chi connectivity index (χ0v) is 26.4. The molecule has 4 aromatic rings. The molecule has 4 heteroatoms. The van der Waals surface area contributed by atoms with Crippen LogP contribution in [-0.4, -0.2) is 51.3 Å². The van der Waals surface area contributed by atoms with Gasteiger partial charge in [-0.05, 0) is 94.8 Å². The molecule has 0 bridgehead atoms. The Bertz CT molecular complexity index is 930. The van der Waals surface area contributed by atoms with Crippen molar-refractivity contribution in [1.82, 2.24) is 0 Å². The van der Waals surface area contributed by atoms with Crippen molar-refractivity contribution in [1.29, 1.82) is 0 Å². The molecule has 0 aromatic heterocycles. The Kier molecular flexibility index (Phi) is 14.0. The van der Waals surface area contributed by atoms with Crippen LogP contribution >= 0.6 is 31.7 Å². The summed E-state index contributed by atoms with van der Waals surface area (Å²) in [5.41, 5.74) is 0. The third-order valence-electron chi connectivity index (χ3n) is 6.03. The molecule has 0 atom stereocenters. The first-order valence-electron chi connectivity index (χ1n) is 13.1. The third kappa shape index (κ3) is 11.1. The Morgan fingerprint density at radius 3 is 0.811 bits per heavy atom. The summed E-state index contributed by atoms with van der Waals surface area (Å²) in [4.78, 5) is 0. The van der Waals surface area contributed by atoms with Gasteiger partial charge in [-0.2, -0.15) is 0 Å². The molecule has 37 heavy (non-hydrogen) atoms. The van der Waals surface area contributed by atoms with E-state index in [1.165, 1.54) is 52.3 Å². The number of rotatable bonds is 11. The van der Waals surface area contributed by atoms with E-state index in [0.29, 0.717) is 15.8 Å². The van der Waals surface area contributed by atoms with Crippen LogP contribution in [-0.2, 0) is 0 Å². The fraction of sp³-hybridized carbons (Fsp3) is 0.273. The van der Waals surface area contributed by atoms with Gasteiger partial charge in [-0.1, -0.05) is 121 Å². The molecule has 0 amide bonds. The van der Waals surface area contributed by atoms with Gasteiger partial charge in [0.05, 0.1) is 0 Å². The van der Waals surface area contributed by atoms with Crippen molar-refractivity contribution in [2.24, 2.45) is 0 Å². The van der Waals surface area contributed by atoms with Gasteiger partial charge in [0.25, 0.3) is 0 Å². The molecule has 0 unspecified atom stereocenters. The zero-order valence-electron chi connectivity index (χ0n) is 22.9. The van der Waals surface area contributed by atoms with Gasteiger partial charge in [-0.15, -0.1) is 15.8 Å². The molecule has 0 spiro atoms. The van der Waals surface area contributed by atoms with E-state index >= 15 is 0 Å². The minimum absolute atomic E-state index is 0.309. The van der Waals surface area contributed by atoms with E-state index in [0.717, 1.165) is 0 Å². The topological polar surface area (TPSA) is 0 Å². The number of hydrogen-bond acceptors (Lipinski definition) is 0. The summed E-state index contributed by atoms with van der Waals surface area (Å²) in [7, 11) is 0.149. The molecular weight excluding hydrogens is 520 g/mol. The van der Waals surface area contributed by atoms with Crippen molar-refractivity contribution in [3.05, 3.63) is 121 Å². The highest BCUT2D eigenvalue weighted by Crippen LogP contribution is 2.39. The predicted octanol–water partition coefficient (Wildman–Crippen LogP) is 8.11. The van der Waals surface area contributed by atoms with Gasteiger partial charge in [0.15, 0.2) is 0 Å². The van der Waals surface area contributed by atoms with Gasteiger partial charge in [0.2, 0.25) is 0 Å². The summed E-state index contributed by atoms with van der Waals surface area (Å²) in [5, 5.41) is 5.94. The molecule has 194 valence electrons. The number of benzene rings is 4. The van der Waals surface area contributed by atoms with E-state index in [4.69, 9.17) is 0 Å². The van der Waals surface area contributed by atoms with Gasteiger partial charge >= 0.3 is 0 Å². The first-order chi connectivity index (χ1) is 18.0. The average molecular weight is 563 g/mol. The van der Waals surface area contributed by atoms with Crippen molar-refractivity contribution in [3.8, 4) is 0 Å². The molecule has 0 saturated heterocycles. The molecule has 0 saturated carbocycles. The van der Waals surface area contributed by atoms with Crippen LogP contribution in [0.2, 0.25) is 0 Å². The van der Waals surface area contributed by atoms with E-state index in [1.54, 1.807) is 0 Å². The zero-order chi connectivity index (χ0) is 26.3. The van der Waals surface area contributed by atoms with E-state index < -0.39 is 0 Å². The Morgan fingerprint density at radius 1 is 0.351 bits per heavy atom. The Balaban J connectivity index is 0.000000414. The number of hydrogen-bond donors (Lipinski definition) is 0. The van der Waals surface area contributed by atoms with Crippen molar-refractivity contribution < 1.29 is 0 Å². The second-order valence-electron chi connectivity index (χ2n) is 9.61. The van der Waals surface area contributed by atoms with Gasteiger partial charge in [-0.25, -0.2) is 0 Å². The Hall–Kier alpha value is -1.40. The lowest BCUT2D eigenvalue weighted by molar-refractivity contribution is 1.11. The summed E-state index contributed by atoms with van der Waals surface area (Å²) in [6.45, 7) is 9.42. The normalized spacial score (nSPS) is 11.1. The van der Waals surface area contributed by atoms with Crippen LogP contribution in [0.1, 0.15) is 6.42 Å². The Morgan fingerprint density at radius 2 is 0.595 bits per heavy atom. The maximum absolute atomic E-state index is 2.36. The van der Waals surface area contributed by atoms with E-state index in [9.17, 15) is 0 Å². The standard InChI is InChI=1S/C27H26P2.C6H16P2/c1-5-14-24(15-6-1)28(25-16-7-2-8-17-25)22-13-23-29(26-18-9-3-10-19-26)27-20-11-4-12-21-27;1-7(2)5-6-8(3)4/h1-12,14-21H,13,22-23H2;5-6H2,1-4H3.